The van der Waals surface area contributed by atoms with Crippen LogP contribution in [-0.4, -0.2) is 39.6 Å². The Kier molecular flexibility index (Phi) is 7.55. The Hall–Kier alpha value is -3.59. The second-order valence-electron chi connectivity index (χ2n) is 8.37. The number of nitrogens with zero attached hydrogens (tertiary/aromatic N) is 2. The molecule has 0 atom stereocenters. The number of anilines is 1. The first-order valence-electron chi connectivity index (χ1n) is 11.5. The summed E-state index contributed by atoms with van der Waals surface area (Å²) < 4.78 is 38.7. The second kappa shape index (κ2) is 10.8. The predicted octanol–water partition coefficient (Wildman–Crippen LogP) is 4.17. The van der Waals surface area contributed by atoms with E-state index in [1.54, 1.807) is 55.8 Å². The van der Waals surface area contributed by atoms with Gasteiger partial charge in [-0.05, 0) is 74.2 Å². The Morgan fingerprint density at radius 2 is 1.83 bits per heavy atom. The van der Waals surface area contributed by atoms with Gasteiger partial charge in [0, 0.05) is 30.9 Å². The molecule has 0 saturated heterocycles. The number of aromatic nitrogens is 1. The van der Waals surface area contributed by atoms with Gasteiger partial charge < -0.3 is 14.8 Å². The minimum absolute atomic E-state index is 0.0232. The normalized spacial score (nSPS) is 13.9. The summed E-state index contributed by atoms with van der Waals surface area (Å²) in [6, 6.07) is 16.3. The lowest BCUT2D eigenvalue weighted by Gasteiger charge is -2.20. The maximum Gasteiger partial charge on any atom is 0.264 e. The molecule has 1 heterocycles. The van der Waals surface area contributed by atoms with E-state index >= 15 is 0 Å². The molecule has 1 aliphatic rings. The van der Waals surface area contributed by atoms with Crippen LogP contribution in [0, 0.1) is 0 Å². The molecule has 1 fully saturated rings. The van der Waals surface area contributed by atoms with Crippen LogP contribution in [0.25, 0.3) is 0 Å². The van der Waals surface area contributed by atoms with Crippen LogP contribution in [0.15, 0.2) is 71.8 Å². The van der Waals surface area contributed by atoms with E-state index in [-0.39, 0.29) is 29.0 Å². The van der Waals surface area contributed by atoms with Gasteiger partial charge in [-0.25, -0.2) is 13.4 Å². The highest BCUT2D eigenvalue weighted by molar-refractivity contribution is 7.92. The number of benzene rings is 2. The first-order valence-corrected chi connectivity index (χ1v) is 12.9. The number of carbonyl (C=O) groups excluding carboxylic acids is 1. The molecule has 8 nitrogen and oxygen atoms in total. The smallest absolute Gasteiger partial charge is 0.264 e. The summed E-state index contributed by atoms with van der Waals surface area (Å²) in [5, 5.41) is 2.85. The molecule has 0 bridgehead atoms. The number of ether oxygens (including phenoxy) is 2. The van der Waals surface area contributed by atoms with Gasteiger partial charge in [-0.15, -0.1) is 0 Å². The van der Waals surface area contributed by atoms with Crippen molar-refractivity contribution in [3.63, 3.8) is 0 Å². The monoisotopic (exact) mass is 495 g/mol. The number of hydrogen-bond acceptors (Lipinski definition) is 6. The lowest BCUT2D eigenvalue weighted by molar-refractivity contribution is 0.0950. The summed E-state index contributed by atoms with van der Waals surface area (Å²) in [4.78, 5) is 17.2. The molecule has 1 aromatic heterocycles. The van der Waals surface area contributed by atoms with Crippen molar-refractivity contribution in [2.24, 2.45) is 0 Å². The average Bonchev–Trinajstić information content (AvgIpc) is 3.41. The molecule has 2 aromatic carbocycles. The van der Waals surface area contributed by atoms with Crippen LogP contribution in [0.1, 0.15) is 41.6 Å². The minimum atomic E-state index is -3.87. The number of carbonyl (C=O) groups is 1. The quantitative estimate of drug-likeness (QED) is 0.479. The van der Waals surface area contributed by atoms with Gasteiger partial charge in [0.05, 0.1) is 17.7 Å². The van der Waals surface area contributed by atoms with E-state index in [0.717, 1.165) is 31.2 Å². The van der Waals surface area contributed by atoms with Crippen LogP contribution in [0.5, 0.6) is 11.6 Å². The molecule has 4 rings (SSSR count). The maximum absolute atomic E-state index is 13.2. The van der Waals surface area contributed by atoms with Crippen LogP contribution < -0.4 is 19.1 Å². The zero-order valence-corrected chi connectivity index (χ0v) is 20.6. The number of hydrogen-bond donors (Lipinski definition) is 1. The fourth-order valence-corrected chi connectivity index (χ4v) is 5.24. The Morgan fingerprint density at radius 1 is 1.09 bits per heavy atom. The second-order valence-corrected chi connectivity index (χ2v) is 10.3. The van der Waals surface area contributed by atoms with Crippen molar-refractivity contribution >= 4 is 21.6 Å². The summed E-state index contributed by atoms with van der Waals surface area (Å²) in [6.45, 7) is 0.220. The molecule has 184 valence electrons. The minimum Gasteiger partial charge on any atom is -0.497 e. The van der Waals surface area contributed by atoms with Crippen LogP contribution in [-0.2, 0) is 16.6 Å². The largest absolute Gasteiger partial charge is 0.497 e. The molecule has 1 amide bonds. The summed E-state index contributed by atoms with van der Waals surface area (Å²) in [7, 11) is -0.857. The Labute approximate surface area is 206 Å². The van der Waals surface area contributed by atoms with Crippen molar-refractivity contribution in [2.45, 2.75) is 43.2 Å². The number of nitrogens with one attached hydrogen (secondary N) is 1. The number of sulfonamides is 1. The standard InChI is InChI=1S/C26H29N3O5S/c1-29(21-12-14-22(33-2)15-13-21)35(31,32)24-11-5-7-19(17-24)25(30)28-18-20-8-6-16-27-26(20)34-23-9-3-4-10-23/h5-8,11-17,23H,3-4,9-10,18H2,1-2H3,(H,28,30). The van der Waals surface area contributed by atoms with E-state index in [1.807, 2.05) is 6.07 Å². The molecule has 3 aromatic rings. The van der Waals surface area contributed by atoms with Gasteiger partial charge in [0.15, 0.2) is 0 Å². The van der Waals surface area contributed by atoms with Crippen LogP contribution in [0.3, 0.4) is 0 Å². The number of rotatable bonds is 9. The number of methoxy groups -OCH3 is 1. The molecule has 0 unspecified atom stereocenters. The third-order valence-electron chi connectivity index (χ3n) is 6.06. The van der Waals surface area contributed by atoms with Gasteiger partial charge in [-0.2, -0.15) is 0 Å². The summed E-state index contributed by atoms with van der Waals surface area (Å²) in [6.07, 6.45) is 6.14. The van der Waals surface area contributed by atoms with Gasteiger partial charge in [-0.1, -0.05) is 12.1 Å². The average molecular weight is 496 g/mol. The van der Waals surface area contributed by atoms with Crippen molar-refractivity contribution in [3.05, 3.63) is 78.0 Å². The molecule has 35 heavy (non-hydrogen) atoms. The molecule has 1 aliphatic carbocycles. The lowest BCUT2D eigenvalue weighted by atomic mass is 10.2. The lowest BCUT2D eigenvalue weighted by Crippen LogP contribution is -2.27. The van der Waals surface area contributed by atoms with E-state index in [4.69, 9.17) is 9.47 Å². The van der Waals surface area contributed by atoms with Gasteiger partial charge in [-0.3, -0.25) is 9.10 Å². The highest BCUT2D eigenvalue weighted by Gasteiger charge is 2.23. The molecular weight excluding hydrogens is 466 g/mol. The number of pyridine rings is 1. The molecule has 1 saturated carbocycles. The van der Waals surface area contributed by atoms with E-state index in [2.05, 4.69) is 10.3 Å². The highest BCUT2D eigenvalue weighted by atomic mass is 32.2. The number of amides is 1. The zero-order chi connectivity index (χ0) is 24.8. The first-order chi connectivity index (χ1) is 16.9. The van der Waals surface area contributed by atoms with Gasteiger partial charge >= 0.3 is 0 Å². The van der Waals surface area contributed by atoms with Crippen molar-refractivity contribution in [1.82, 2.24) is 10.3 Å². The summed E-state index contributed by atoms with van der Waals surface area (Å²) >= 11 is 0. The maximum atomic E-state index is 13.2. The predicted molar refractivity (Wildman–Crippen MR) is 133 cm³/mol. The van der Waals surface area contributed by atoms with Crippen molar-refractivity contribution < 1.29 is 22.7 Å². The topological polar surface area (TPSA) is 97.8 Å². The van der Waals surface area contributed by atoms with Gasteiger partial charge in [0.25, 0.3) is 15.9 Å². The van der Waals surface area contributed by atoms with Crippen LogP contribution in [0.4, 0.5) is 5.69 Å². The molecule has 0 radical (unpaired) electrons. The van der Waals surface area contributed by atoms with E-state index in [1.165, 1.54) is 23.5 Å². The first kappa shape index (κ1) is 24.5. The Balaban J connectivity index is 1.46. The molecule has 9 heteroatoms. The third-order valence-corrected chi connectivity index (χ3v) is 7.84. The van der Waals surface area contributed by atoms with E-state index in [9.17, 15) is 13.2 Å². The summed E-state index contributed by atoms with van der Waals surface area (Å²) in [5.41, 5.74) is 1.50. The van der Waals surface area contributed by atoms with Crippen LogP contribution >= 0.6 is 0 Å². The molecule has 0 aliphatic heterocycles. The Bertz CT molecular complexity index is 1270. The highest BCUT2D eigenvalue weighted by Crippen LogP contribution is 2.26. The van der Waals surface area contributed by atoms with Crippen LogP contribution in [0.2, 0.25) is 0 Å². The van der Waals surface area contributed by atoms with E-state index in [0.29, 0.717) is 17.3 Å². The zero-order valence-electron chi connectivity index (χ0n) is 19.8. The molecule has 0 spiro atoms. The Morgan fingerprint density at radius 3 is 2.54 bits per heavy atom. The van der Waals surface area contributed by atoms with Gasteiger partial charge in [0.2, 0.25) is 5.88 Å². The molecular formula is C26H29N3O5S. The summed E-state index contributed by atoms with van der Waals surface area (Å²) in [5.74, 6) is 0.769. The van der Waals surface area contributed by atoms with E-state index < -0.39 is 10.0 Å². The van der Waals surface area contributed by atoms with Crippen molar-refractivity contribution in [1.29, 1.82) is 0 Å². The van der Waals surface area contributed by atoms with Crippen molar-refractivity contribution in [2.75, 3.05) is 18.5 Å². The molecule has 1 N–H and O–H groups in total. The third kappa shape index (κ3) is 5.74. The fourth-order valence-electron chi connectivity index (χ4n) is 3.99. The fraction of sp³-hybridized carbons (Fsp3) is 0.308. The van der Waals surface area contributed by atoms with Crippen molar-refractivity contribution in [3.8, 4) is 11.6 Å². The SMILES string of the molecule is COc1ccc(N(C)S(=O)(=O)c2cccc(C(=O)NCc3cccnc3OC3CCCC3)c2)cc1. The van der Waals surface area contributed by atoms with Gasteiger partial charge in [0.1, 0.15) is 11.9 Å².